The van der Waals surface area contributed by atoms with E-state index >= 15 is 0 Å². The van der Waals surface area contributed by atoms with Gasteiger partial charge in [-0.3, -0.25) is 4.79 Å². The lowest BCUT2D eigenvalue weighted by Crippen LogP contribution is -2.33. The van der Waals surface area contributed by atoms with Crippen molar-refractivity contribution in [2.24, 2.45) is 5.92 Å². The molecule has 2 aromatic rings. The second-order valence-electron chi connectivity index (χ2n) is 8.36. The lowest BCUT2D eigenvalue weighted by molar-refractivity contribution is -0.175. The fourth-order valence-electron chi connectivity index (χ4n) is 3.64. The van der Waals surface area contributed by atoms with Gasteiger partial charge in [0.25, 0.3) is 0 Å². The van der Waals surface area contributed by atoms with Crippen LogP contribution in [0.2, 0.25) is 0 Å². The zero-order valence-electron chi connectivity index (χ0n) is 17.0. The Morgan fingerprint density at radius 2 is 1.79 bits per heavy atom. The summed E-state index contributed by atoms with van der Waals surface area (Å²) in [4.78, 5) is 27.9. The summed E-state index contributed by atoms with van der Waals surface area (Å²) in [6, 6.07) is 9.79. The molecule has 0 saturated heterocycles. The summed E-state index contributed by atoms with van der Waals surface area (Å²) < 4.78 is 16.7. The van der Waals surface area contributed by atoms with Crippen LogP contribution in [0.3, 0.4) is 0 Å². The Morgan fingerprint density at radius 3 is 2.39 bits per heavy atom. The number of hydrogen-bond acceptors (Lipinski definition) is 5. The lowest BCUT2D eigenvalue weighted by Gasteiger charge is -2.30. The molecule has 3 rings (SSSR count). The zero-order chi connectivity index (χ0) is 20.3. The second-order valence-corrected chi connectivity index (χ2v) is 8.36. The first kappa shape index (κ1) is 20.4. The molecule has 1 saturated carbocycles. The molecule has 1 aliphatic rings. The van der Waals surface area contributed by atoms with E-state index in [1.807, 2.05) is 51.1 Å². The number of H-pyrrole nitrogens is 1. The van der Waals surface area contributed by atoms with Gasteiger partial charge in [0, 0.05) is 5.52 Å². The highest BCUT2D eigenvalue weighted by Crippen LogP contribution is 2.33. The van der Waals surface area contributed by atoms with Crippen LogP contribution in [0.25, 0.3) is 10.9 Å². The number of aromatic amines is 1. The van der Waals surface area contributed by atoms with Crippen LogP contribution in [-0.2, 0) is 23.8 Å². The molecule has 1 atom stereocenters. The Kier molecular flexibility index (Phi) is 6.08. The summed E-state index contributed by atoms with van der Waals surface area (Å²) in [6.07, 6.45) is 1.88. The van der Waals surface area contributed by atoms with Gasteiger partial charge in [0.15, 0.2) is 6.10 Å². The molecule has 0 spiro atoms. The van der Waals surface area contributed by atoms with Gasteiger partial charge in [0.2, 0.25) is 0 Å². The number of rotatable bonds is 5. The van der Waals surface area contributed by atoms with E-state index in [1.54, 1.807) is 0 Å². The van der Waals surface area contributed by atoms with E-state index in [0.717, 1.165) is 10.9 Å². The Morgan fingerprint density at radius 1 is 1.11 bits per heavy atom. The number of esters is 2. The maximum Gasteiger partial charge on any atom is 0.342 e. The molecule has 1 heterocycles. The van der Waals surface area contributed by atoms with Gasteiger partial charge >= 0.3 is 11.9 Å². The Bertz CT molecular complexity index is 794. The molecule has 0 aliphatic heterocycles. The van der Waals surface area contributed by atoms with Gasteiger partial charge < -0.3 is 19.2 Å². The van der Waals surface area contributed by atoms with Crippen molar-refractivity contribution < 1.29 is 23.8 Å². The molecular formula is C22H29NO5. The second kappa shape index (κ2) is 8.35. The Labute approximate surface area is 165 Å². The molecule has 0 radical (unpaired) electrons. The van der Waals surface area contributed by atoms with Gasteiger partial charge in [0.05, 0.1) is 24.8 Å². The highest BCUT2D eigenvalue weighted by Gasteiger charge is 2.34. The van der Waals surface area contributed by atoms with Crippen molar-refractivity contribution in [1.29, 1.82) is 0 Å². The van der Waals surface area contributed by atoms with Gasteiger partial charge in [-0.05, 0) is 64.0 Å². The maximum atomic E-state index is 12.9. The third-order valence-corrected chi connectivity index (χ3v) is 4.99. The van der Waals surface area contributed by atoms with Gasteiger partial charge in [-0.15, -0.1) is 0 Å². The Balaban J connectivity index is 1.77. The van der Waals surface area contributed by atoms with Gasteiger partial charge in [-0.25, -0.2) is 4.79 Å². The zero-order valence-corrected chi connectivity index (χ0v) is 17.0. The van der Waals surface area contributed by atoms with E-state index < -0.39 is 17.7 Å². The minimum Gasteiger partial charge on any atom is -0.469 e. The van der Waals surface area contributed by atoms with Crippen LogP contribution in [0.1, 0.15) is 58.3 Å². The van der Waals surface area contributed by atoms with Gasteiger partial charge in [-0.2, -0.15) is 0 Å². The molecule has 1 aromatic carbocycles. The van der Waals surface area contributed by atoms with E-state index in [2.05, 4.69) is 4.98 Å². The SMILES string of the molecule is COC(=O)[C@H]1CC[C@@H](OC(C(=O)OC(C)(C)C)c2cc3ccccc3[nH]2)CC1. The Hall–Kier alpha value is -2.34. The number of fused-ring (bicyclic) bond motifs is 1. The molecule has 6 heteroatoms. The van der Waals surface area contributed by atoms with E-state index in [-0.39, 0.29) is 18.0 Å². The first-order valence-corrected chi connectivity index (χ1v) is 9.80. The summed E-state index contributed by atoms with van der Waals surface area (Å²) in [5.41, 5.74) is 1.03. The number of hydrogen-bond donors (Lipinski definition) is 1. The van der Waals surface area contributed by atoms with Gasteiger partial charge in [-0.1, -0.05) is 18.2 Å². The molecule has 1 aliphatic carbocycles. The summed E-state index contributed by atoms with van der Waals surface area (Å²) in [6.45, 7) is 5.53. The number of nitrogens with one attached hydrogen (secondary N) is 1. The topological polar surface area (TPSA) is 77.6 Å². The summed E-state index contributed by atoms with van der Waals surface area (Å²) in [5.74, 6) is -0.662. The van der Waals surface area contributed by atoms with E-state index in [4.69, 9.17) is 14.2 Å². The van der Waals surface area contributed by atoms with E-state index in [9.17, 15) is 9.59 Å². The van der Waals surface area contributed by atoms with Crippen molar-refractivity contribution in [2.75, 3.05) is 7.11 Å². The van der Waals surface area contributed by atoms with Crippen LogP contribution in [0.4, 0.5) is 0 Å². The number of methoxy groups -OCH3 is 1. The van der Waals surface area contributed by atoms with Crippen molar-refractivity contribution in [2.45, 2.75) is 64.3 Å². The van der Waals surface area contributed by atoms with Crippen LogP contribution in [0.5, 0.6) is 0 Å². The molecule has 28 heavy (non-hydrogen) atoms. The summed E-state index contributed by atoms with van der Waals surface area (Å²) in [7, 11) is 1.42. The van der Waals surface area contributed by atoms with Crippen molar-refractivity contribution in [3.63, 3.8) is 0 Å². The fourth-order valence-corrected chi connectivity index (χ4v) is 3.64. The highest BCUT2D eigenvalue weighted by molar-refractivity contribution is 5.84. The summed E-state index contributed by atoms with van der Waals surface area (Å²) in [5, 5.41) is 1.02. The molecule has 152 valence electrons. The number of aromatic nitrogens is 1. The van der Waals surface area contributed by atoms with Crippen molar-refractivity contribution in [3.8, 4) is 0 Å². The van der Waals surface area contributed by atoms with E-state index in [1.165, 1.54) is 7.11 Å². The lowest BCUT2D eigenvalue weighted by atomic mass is 9.87. The average molecular weight is 387 g/mol. The largest absolute Gasteiger partial charge is 0.469 e. The number of carbonyl (C=O) groups is 2. The molecular weight excluding hydrogens is 358 g/mol. The quantitative estimate of drug-likeness (QED) is 0.774. The molecule has 1 aromatic heterocycles. The maximum absolute atomic E-state index is 12.9. The number of ether oxygens (including phenoxy) is 3. The number of carbonyl (C=O) groups excluding carboxylic acids is 2. The normalized spacial score (nSPS) is 21.3. The van der Waals surface area contributed by atoms with Gasteiger partial charge in [0.1, 0.15) is 5.60 Å². The monoisotopic (exact) mass is 387 g/mol. The van der Waals surface area contributed by atoms with Crippen molar-refractivity contribution in [1.82, 2.24) is 4.98 Å². The molecule has 1 fully saturated rings. The minimum atomic E-state index is -0.827. The predicted molar refractivity (Wildman–Crippen MR) is 106 cm³/mol. The third-order valence-electron chi connectivity index (χ3n) is 4.99. The average Bonchev–Trinajstić information content (AvgIpc) is 3.08. The molecule has 0 amide bonds. The summed E-state index contributed by atoms with van der Waals surface area (Å²) >= 11 is 0. The molecule has 1 N–H and O–H groups in total. The van der Waals surface area contributed by atoms with Crippen LogP contribution in [0, 0.1) is 5.92 Å². The van der Waals surface area contributed by atoms with Crippen molar-refractivity contribution >= 4 is 22.8 Å². The van der Waals surface area contributed by atoms with E-state index in [0.29, 0.717) is 31.4 Å². The van der Waals surface area contributed by atoms with Crippen LogP contribution >= 0.6 is 0 Å². The van der Waals surface area contributed by atoms with Crippen LogP contribution in [0.15, 0.2) is 30.3 Å². The molecule has 6 nitrogen and oxygen atoms in total. The molecule has 1 unspecified atom stereocenters. The van der Waals surface area contributed by atoms with Crippen LogP contribution < -0.4 is 0 Å². The first-order valence-electron chi connectivity index (χ1n) is 9.80. The predicted octanol–water partition coefficient (Wildman–Crippen LogP) is 4.30. The molecule has 0 bridgehead atoms. The fraction of sp³-hybridized carbons (Fsp3) is 0.545. The number of para-hydroxylation sites is 1. The first-order chi connectivity index (χ1) is 13.3. The van der Waals surface area contributed by atoms with Crippen molar-refractivity contribution in [3.05, 3.63) is 36.0 Å². The number of benzene rings is 1. The highest BCUT2D eigenvalue weighted by atomic mass is 16.6. The third kappa shape index (κ3) is 4.93. The smallest absolute Gasteiger partial charge is 0.342 e. The minimum absolute atomic E-state index is 0.0853. The van der Waals surface area contributed by atoms with Crippen LogP contribution in [-0.4, -0.2) is 35.7 Å². The standard InChI is InChI=1S/C22H29NO5/c1-22(2,3)28-21(25)19(18-13-15-7-5-6-8-17(15)23-18)27-16-11-9-14(10-12-16)20(24)26-4/h5-8,13-14,16,19,23H,9-12H2,1-4H3/t14-,16+,19?.